The molecule has 614 valence electrons. The standard InChI is InChI=1S/C70H112N24O17/c1-38(2)25-48(64(105)90-50(27-41-15-7-6-8-16-41)60(101)80-33-55(97)85-45(19-13-23-79-70(75)76)62(103)88-47(69(110)111)18-10-12-22-72)86-56(98)34-81-61(102)51(29-43-32-78-37-84-43)91-65(106)49(26-39(3)4)89-66(107)52(30-54(74)96)92-67(108)53-20-14-24-94(53)57(99)35-82-68(109)58(40(5)95)93-63(104)46(17-9-11-21-71)87-59(100)44(73)28-42-31-77-36-83-42/h6-8,15-16,31-32,36-40,44-53,58,95H,9-14,17-30,33-35,71-73H2,1-5H3,(H2,74,96)(H,77,83)(H,78,84)(H,80,101)(H,81,102)(H,82,109)(H,85,97)(H,86,98)(H,87,100)(H,88,103)(H,89,107)(H,90,105)(H,91,106)(H,92,108)(H,93,104)(H,110,111)(H4,75,76,79)/t40-,44+,45+,46+,47+,48+,49+,50+,51+,52+,53+,58+/m1/s1. The van der Waals surface area contributed by atoms with Crippen molar-refractivity contribution in [3.8, 4) is 0 Å². The number of carbonyl (C=O) groups is 15. The van der Waals surface area contributed by atoms with Crippen LogP contribution in [0.25, 0.3) is 0 Å². The summed E-state index contributed by atoms with van der Waals surface area (Å²) in [7, 11) is 0. The van der Waals surface area contributed by atoms with Crippen LogP contribution in [0.1, 0.15) is 135 Å². The largest absolute Gasteiger partial charge is 0.480 e. The quantitative estimate of drug-likeness (QED) is 0.0142. The minimum atomic E-state index is -1.74. The smallest absolute Gasteiger partial charge is 0.326 e. The topological polar surface area (TPSA) is 670 Å². The summed E-state index contributed by atoms with van der Waals surface area (Å²) in [6.45, 7) is 6.58. The molecule has 0 radical (unpaired) electrons. The number of carboxylic acids is 1. The monoisotopic (exact) mass is 1560 g/mol. The second-order valence-electron chi connectivity index (χ2n) is 27.9. The van der Waals surface area contributed by atoms with Gasteiger partial charge in [0.05, 0.1) is 50.9 Å². The Kier molecular flexibility index (Phi) is 40.2. The summed E-state index contributed by atoms with van der Waals surface area (Å²) in [6.07, 6.45) is 5.24. The predicted octanol–water partition coefficient (Wildman–Crippen LogP) is -7.06. The molecular formula is C70H112N24O17. The number of hydrogen-bond donors (Lipinski definition) is 22. The second-order valence-corrected chi connectivity index (χ2v) is 27.9. The highest BCUT2D eigenvalue weighted by molar-refractivity contribution is 6.00. The summed E-state index contributed by atoms with van der Waals surface area (Å²) < 4.78 is 0. The molecule has 14 amide bonds. The predicted molar refractivity (Wildman–Crippen MR) is 402 cm³/mol. The van der Waals surface area contributed by atoms with Gasteiger partial charge in [-0.2, -0.15) is 0 Å². The molecular weight excluding hydrogens is 1450 g/mol. The molecule has 1 saturated heterocycles. The van der Waals surface area contributed by atoms with E-state index in [-0.39, 0.29) is 108 Å². The highest BCUT2D eigenvalue weighted by Gasteiger charge is 2.40. The van der Waals surface area contributed by atoms with E-state index >= 15 is 0 Å². The molecule has 3 heterocycles. The number of guanidine groups is 1. The Morgan fingerprint density at radius 3 is 1.52 bits per heavy atom. The number of primary amides is 1. The lowest BCUT2D eigenvalue weighted by Crippen LogP contribution is -2.60. The first kappa shape index (κ1) is 92.2. The summed E-state index contributed by atoms with van der Waals surface area (Å²) in [5.41, 5.74) is 35.3. The highest BCUT2D eigenvalue weighted by atomic mass is 16.4. The highest BCUT2D eigenvalue weighted by Crippen LogP contribution is 2.19. The molecule has 1 aromatic carbocycles. The maximum Gasteiger partial charge on any atom is 0.326 e. The Labute approximate surface area is 642 Å². The first-order valence-electron chi connectivity index (χ1n) is 36.9. The normalized spacial score (nSPS) is 15.5. The lowest BCUT2D eigenvalue weighted by Gasteiger charge is -2.28. The Hall–Kier alpha value is -11.2. The van der Waals surface area contributed by atoms with Crippen LogP contribution in [0, 0.1) is 11.8 Å². The van der Waals surface area contributed by atoms with Crippen LogP contribution >= 0.6 is 0 Å². The molecule has 4 rings (SSSR count). The van der Waals surface area contributed by atoms with E-state index in [2.05, 4.69) is 88.7 Å². The summed E-state index contributed by atoms with van der Waals surface area (Å²) in [6, 6.07) is -6.74. The minimum Gasteiger partial charge on any atom is -0.480 e. The molecule has 41 nitrogen and oxygen atoms in total. The van der Waals surface area contributed by atoms with Crippen LogP contribution in [0.3, 0.4) is 0 Å². The van der Waals surface area contributed by atoms with Crippen molar-refractivity contribution in [3.63, 3.8) is 0 Å². The number of H-pyrrole nitrogens is 2. The number of imidazole rings is 2. The lowest BCUT2D eigenvalue weighted by atomic mass is 10.0. The zero-order chi connectivity index (χ0) is 82.3. The average molecular weight is 1560 g/mol. The number of nitrogens with one attached hydrogen (secondary N) is 14. The van der Waals surface area contributed by atoms with Gasteiger partial charge in [-0.1, -0.05) is 58.0 Å². The van der Waals surface area contributed by atoms with E-state index in [0.29, 0.717) is 49.2 Å². The van der Waals surface area contributed by atoms with E-state index in [4.69, 9.17) is 34.4 Å². The third-order valence-electron chi connectivity index (χ3n) is 17.5. The number of aromatic nitrogens is 4. The van der Waals surface area contributed by atoms with Crippen LogP contribution in [0.4, 0.5) is 0 Å². The molecule has 111 heavy (non-hydrogen) atoms. The number of aromatic amines is 2. The van der Waals surface area contributed by atoms with Gasteiger partial charge in [-0.25, -0.2) is 14.8 Å². The van der Waals surface area contributed by atoms with E-state index < -0.39 is 187 Å². The first-order chi connectivity index (χ1) is 52.7. The third kappa shape index (κ3) is 34.1. The number of aliphatic imine (C=N–C) groups is 1. The van der Waals surface area contributed by atoms with Crippen LogP contribution in [0.15, 0.2) is 60.4 Å². The lowest BCUT2D eigenvalue weighted by molar-refractivity contribution is -0.142. The molecule has 1 fully saturated rings. The van der Waals surface area contributed by atoms with Crippen molar-refractivity contribution in [1.29, 1.82) is 0 Å². The molecule has 0 unspecified atom stereocenters. The first-order valence-corrected chi connectivity index (χ1v) is 36.9. The van der Waals surface area contributed by atoms with Crippen molar-refractivity contribution < 1.29 is 82.1 Å². The fourth-order valence-corrected chi connectivity index (χ4v) is 11.8. The summed E-state index contributed by atoms with van der Waals surface area (Å²) in [5.74, 6) is -14.6. The molecule has 0 aliphatic carbocycles. The number of carbonyl (C=O) groups excluding carboxylic acids is 14. The molecule has 41 heteroatoms. The maximum absolute atomic E-state index is 14.4. The molecule has 2 aromatic heterocycles. The van der Waals surface area contributed by atoms with Gasteiger partial charge in [-0.05, 0) is 114 Å². The van der Waals surface area contributed by atoms with Crippen LogP contribution in [0.2, 0.25) is 0 Å². The van der Waals surface area contributed by atoms with Gasteiger partial charge < -0.3 is 123 Å². The fraction of sp³-hybridized carbons (Fsp3) is 0.600. The number of rotatable bonds is 51. The number of aliphatic carboxylic acids is 1. The minimum absolute atomic E-state index is 0.00361. The molecule has 1 aliphatic heterocycles. The summed E-state index contributed by atoms with van der Waals surface area (Å²) >= 11 is 0. The number of amides is 14. The van der Waals surface area contributed by atoms with Gasteiger partial charge in [0.15, 0.2) is 5.96 Å². The van der Waals surface area contributed by atoms with Crippen LogP contribution in [-0.4, -0.2) is 248 Å². The van der Waals surface area contributed by atoms with E-state index in [1.807, 2.05) is 0 Å². The van der Waals surface area contributed by atoms with Crippen molar-refractivity contribution in [3.05, 3.63) is 72.3 Å². The Morgan fingerprint density at radius 1 is 0.532 bits per heavy atom. The van der Waals surface area contributed by atoms with Gasteiger partial charge in [0.25, 0.3) is 0 Å². The van der Waals surface area contributed by atoms with E-state index in [1.165, 1.54) is 32.0 Å². The molecule has 12 atom stereocenters. The number of benzene rings is 1. The van der Waals surface area contributed by atoms with Crippen LogP contribution in [0.5, 0.6) is 0 Å². The number of hydrogen-bond acceptors (Lipinski definition) is 22. The molecule has 28 N–H and O–H groups in total. The molecule has 3 aromatic rings. The second kappa shape index (κ2) is 48.4. The number of aliphatic hydroxyl groups is 1. The van der Waals surface area contributed by atoms with E-state index in [1.54, 1.807) is 58.0 Å². The average Bonchev–Trinajstić information content (AvgIpc) is 1.76. The van der Waals surface area contributed by atoms with Gasteiger partial charge >= 0.3 is 5.97 Å². The SMILES string of the molecule is CC(C)C[C@H](NC(=O)CNC(=O)[C@H](Cc1cnc[nH]1)NC(=O)[C@H](CC(C)C)NC(=O)[C@H](CC(N)=O)NC(=O)[C@@H]1CCCN1C(=O)CNC(=O)[C@@H](NC(=O)[C@H](CCCCN)NC(=O)[C@@H](N)Cc1cnc[nH]1)[C@@H](C)O)C(=O)N[C@@H](Cc1ccccc1)C(=O)NCC(=O)N[C@@H](CCCN=C(N)N)C(=O)N[C@@H](CCCCN)C(=O)O. The van der Waals surface area contributed by atoms with Crippen molar-refractivity contribution >= 4 is 94.6 Å². The Bertz CT molecular complexity index is 3580. The fourth-order valence-electron chi connectivity index (χ4n) is 11.8. The van der Waals surface area contributed by atoms with Crippen molar-refractivity contribution in [2.24, 2.45) is 51.2 Å². The number of likely N-dealkylation sites (tertiary alicyclic amines) is 1. The van der Waals surface area contributed by atoms with E-state index in [0.717, 1.165) is 4.90 Å². The molecule has 0 spiro atoms. The van der Waals surface area contributed by atoms with Gasteiger partial charge in [0, 0.05) is 56.1 Å². The van der Waals surface area contributed by atoms with Gasteiger partial charge in [-0.3, -0.25) is 72.1 Å². The number of nitrogens with zero attached hydrogens (tertiary/aromatic N) is 4. The number of aliphatic hydroxyl groups excluding tert-OH is 1. The molecule has 1 aliphatic rings. The number of unbranched alkanes of at least 4 members (excludes halogenated alkanes) is 2. The van der Waals surface area contributed by atoms with Gasteiger partial charge in [0.2, 0.25) is 82.7 Å². The zero-order valence-corrected chi connectivity index (χ0v) is 63.3. The molecule has 0 saturated carbocycles. The van der Waals surface area contributed by atoms with Crippen molar-refractivity contribution in [1.82, 2.24) is 88.6 Å². The van der Waals surface area contributed by atoms with E-state index in [9.17, 15) is 82.1 Å². The third-order valence-corrected chi connectivity index (χ3v) is 17.5. The van der Waals surface area contributed by atoms with Crippen LogP contribution < -0.4 is 98.2 Å². The van der Waals surface area contributed by atoms with Crippen LogP contribution in [-0.2, 0) is 91.2 Å². The summed E-state index contributed by atoms with van der Waals surface area (Å²) in [4.78, 5) is 223. The zero-order valence-electron chi connectivity index (χ0n) is 63.3. The Morgan fingerprint density at radius 2 is 1.00 bits per heavy atom. The van der Waals surface area contributed by atoms with Crippen molar-refractivity contribution in [2.45, 2.75) is 210 Å². The van der Waals surface area contributed by atoms with Gasteiger partial charge in [-0.15, -0.1) is 0 Å². The summed E-state index contributed by atoms with van der Waals surface area (Å²) in [5, 5.41) is 50.7. The van der Waals surface area contributed by atoms with Crippen molar-refractivity contribution in [2.75, 3.05) is 45.8 Å². The number of carboxylic acid groups (broad SMARTS) is 1. The Balaban J connectivity index is 1.44. The van der Waals surface area contributed by atoms with Gasteiger partial charge in [0.1, 0.15) is 60.4 Å². The number of nitrogens with two attached hydrogens (primary N) is 6. The maximum atomic E-state index is 14.4. The molecule has 0 bridgehead atoms.